The molecule has 0 aromatic heterocycles. The van der Waals surface area contributed by atoms with E-state index in [0.717, 1.165) is 12.8 Å². The maximum absolute atomic E-state index is 12.0. The molecule has 0 bridgehead atoms. The summed E-state index contributed by atoms with van der Waals surface area (Å²) >= 11 is 0. The molecule has 4 nitrogen and oxygen atoms in total. The molecule has 1 aromatic carbocycles. The number of hydrogen-bond acceptors (Lipinski definition) is 3. The van der Waals surface area contributed by atoms with Crippen molar-refractivity contribution in [3.8, 4) is 0 Å². The van der Waals surface area contributed by atoms with Crippen LogP contribution in [0.2, 0.25) is 0 Å². The van der Waals surface area contributed by atoms with Gasteiger partial charge in [-0.1, -0.05) is 6.07 Å². The van der Waals surface area contributed by atoms with E-state index in [2.05, 4.69) is 0 Å². The average molecular weight is 252 g/mol. The second-order valence-corrected chi connectivity index (χ2v) is 5.75. The van der Waals surface area contributed by atoms with Gasteiger partial charge in [0.15, 0.2) is 0 Å². The SMILES string of the molecule is CN(C(=O)CS(=O)c1cccc(N)c1)C1CC1. The minimum atomic E-state index is -1.30. The zero-order chi connectivity index (χ0) is 12.4. The molecule has 1 aliphatic carbocycles. The second-order valence-electron chi connectivity index (χ2n) is 4.30. The fourth-order valence-electron chi connectivity index (χ4n) is 1.62. The highest BCUT2D eigenvalue weighted by Crippen LogP contribution is 2.25. The van der Waals surface area contributed by atoms with Gasteiger partial charge in [-0.05, 0) is 31.0 Å². The summed E-state index contributed by atoms with van der Waals surface area (Å²) in [5.41, 5.74) is 6.18. The number of benzene rings is 1. The van der Waals surface area contributed by atoms with E-state index in [1.807, 2.05) is 0 Å². The highest BCUT2D eigenvalue weighted by Gasteiger charge is 2.30. The van der Waals surface area contributed by atoms with Crippen LogP contribution in [-0.2, 0) is 15.6 Å². The van der Waals surface area contributed by atoms with Gasteiger partial charge in [-0.15, -0.1) is 0 Å². The van der Waals surface area contributed by atoms with E-state index < -0.39 is 10.8 Å². The number of rotatable bonds is 4. The number of nitrogens with zero attached hydrogens (tertiary/aromatic N) is 1. The third-order valence-corrected chi connectivity index (χ3v) is 4.15. The molecule has 2 rings (SSSR count). The van der Waals surface area contributed by atoms with E-state index in [9.17, 15) is 9.00 Å². The van der Waals surface area contributed by atoms with Crippen LogP contribution in [-0.4, -0.2) is 33.9 Å². The molecule has 17 heavy (non-hydrogen) atoms. The molecule has 1 aromatic rings. The topological polar surface area (TPSA) is 63.4 Å². The van der Waals surface area contributed by atoms with Gasteiger partial charge in [-0.25, -0.2) is 0 Å². The molecule has 0 radical (unpaired) electrons. The predicted molar refractivity (Wildman–Crippen MR) is 67.9 cm³/mol. The van der Waals surface area contributed by atoms with Crippen LogP contribution in [0.25, 0.3) is 0 Å². The smallest absolute Gasteiger partial charge is 0.235 e. The number of carbonyl (C=O) groups is 1. The van der Waals surface area contributed by atoms with Gasteiger partial charge >= 0.3 is 0 Å². The van der Waals surface area contributed by atoms with Gasteiger partial charge in [0.2, 0.25) is 5.91 Å². The zero-order valence-electron chi connectivity index (χ0n) is 9.76. The molecule has 1 aliphatic rings. The normalized spacial score (nSPS) is 16.5. The monoisotopic (exact) mass is 252 g/mol. The molecule has 2 N–H and O–H groups in total. The average Bonchev–Trinajstić information content (AvgIpc) is 3.11. The summed E-state index contributed by atoms with van der Waals surface area (Å²) < 4.78 is 12.0. The minimum absolute atomic E-state index is 0.0381. The molecule has 0 aliphatic heterocycles. The lowest BCUT2D eigenvalue weighted by atomic mass is 10.3. The third-order valence-electron chi connectivity index (χ3n) is 2.86. The lowest BCUT2D eigenvalue weighted by molar-refractivity contribution is -0.127. The summed E-state index contributed by atoms with van der Waals surface area (Å²) in [5.74, 6) is -0.0237. The third kappa shape index (κ3) is 3.06. The quantitative estimate of drug-likeness (QED) is 0.813. The van der Waals surface area contributed by atoms with E-state index in [4.69, 9.17) is 5.73 Å². The van der Waals surface area contributed by atoms with Crippen molar-refractivity contribution in [3.05, 3.63) is 24.3 Å². The Morgan fingerprint density at radius 2 is 2.24 bits per heavy atom. The Hall–Kier alpha value is -1.36. The summed E-state index contributed by atoms with van der Waals surface area (Å²) in [6, 6.07) is 7.23. The van der Waals surface area contributed by atoms with Gasteiger partial charge in [-0.2, -0.15) is 0 Å². The van der Waals surface area contributed by atoms with Gasteiger partial charge in [0.25, 0.3) is 0 Å². The first kappa shape index (κ1) is 12.1. The number of carbonyl (C=O) groups excluding carboxylic acids is 1. The van der Waals surface area contributed by atoms with E-state index in [-0.39, 0.29) is 11.7 Å². The first-order valence-corrected chi connectivity index (χ1v) is 6.89. The summed E-state index contributed by atoms with van der Waals surface area (Å²) in [6.45, 7) is 0. The Morgan fingerprint density at radius 3 is 2.82 bits per heavy atom. The number of amides is 1. The first-order valence-electron chi connectivity index (χ1n) is 5.57. The van der Waals surface area contributed by atoms with Crippen LogP contribution in [0.1, 0.15) is 12.8 Å². The number of anilines is 1. The molecule has 1 saturated carbocycles. The molecule has 5 heteroatoms. The molecule has 0 saturated heterocycles. The first-order chi connectivity index (χ1) is 8.08. The fourth-order valence-corrected chi connectivity index (χ4v) is 2.71. The van der Waals surface area contributed by atoms with E-state index in [1.54, 1.807) is 36.2 Å². The van der Waals surface area contributed by atoms with Crippen molar-refractivity contribution in [2.75, 3.05) is 18.5 Å². The molecule has 0 heterocycles. The number of hydrogen-bond donors (Lipinski definition) is 1. The van der Waals surface area contributed by atoms with Gasteiger partial charge in [0, 0.05) is 23.7 Å². The van der Waals surface area contributed by atoms with Crippen molar-refractivity contribution < 1.29 is 9.00 Å². The van der Waals surface area contributed by atoms with Crippen molar-refractivity contribution in [3.63, 3.8) is 0 Å². The van der Waals surface area contributed by atoms with Gasteiger partial charge in [-0.3, -0.25) is 9.00 Å². The minimum Gasteiger partial charge on any atom is -0.399 e. The molecule has 1 atom stereocenters. The summed E-state index contributed by atoms with van der Waals surface area (Å²) in [6.07, 6.45) is 2.13. The van der Waals surface area contributed by atoms with Gasteiger partial charge in [0.05, 0.1) is 10.8 Å². The summed E-state index contributed by atoms with van der Waals surface area (Å²) in [5, 5.41) is 0. The Bertz CT molecular complexity index is 458. The number of nitrogens with two attached hydrogens (primary N) is 1. The van der Waals surface area contributed by atoms with E-state index >= 15 is 0 Å². The van der Waals surface area contributed by atoms with E-state index in [1.165, 1.54) is 0 Å². The van der Waals surface area contributed by atoms with Crippen LogP contribution in [0.15, 0.2) is 29.2 Å². The molecular weight excluding hydrogens is 236 g/mol. The Kier molecular flexibility index (Phi) is 3.47. The highest BCUT2D eigenvalue weighted by atomic mass is 32.2. The molecular formula is C12H16N2O2S. The largest absolute Gasteiger partial charge is 0.399 e. The maximum Gasteiger partial charge on any atom is 0.235 e. The van der Waals surface area contributed by atoms with Crippen molar-refractivity contribution in [1.29, 1.82) is 0 Å². The van der Waals surface area contributed by atoms with Crippen LogP contribution in [0.3, 0.4) is 0 Å². The van der Waals surface area contributed by atoms with Gasteiger partial charge < -0.3 is 10.6 Å². The van der Waals surface area contributed by atoms with Crippen LogP contribution in [0.5, 0.6) is 0 Å². The molecule has 92 valence electrons. The lowest BCUT2D eigenvalue weighted by Crippen LogP contribution is -2.32. The summed E-state index contributed by atoms with van der Waals surface area (Å²) in [7, 11) is 0.470. The predicted octanol–water partition coefficient (Wildman–Crippen LogP) is 0.997. The fraction of sp³-hybridized carbons (Fsp3) is 0.417. The van der Waals surface area contributed by atoms with Crippen molar-refractivity contribution in [2.24, 2.45) is 0 Å². The Morgan fingerprint density at radius 1 is 1.53 bits per heavy atom. The van der Waals surface area contributed by atoms with Gasteiger partial charge in [0.1, 0.15) is 5.75 Å². The van der Waals surface area contributed by atoms with Crippen molar-refractivity contribution in [1.82, 2.24) is 4.90 Å². The molecule has 1 amide bonds. The second kappa shape index (κ2) is 4.87. The number of nitrogen functional groups attached to an aromatic ring is 1. The lowest BCUT2D eigenvalue weighted by Gasteiger charge is -2.15. The van der Waals surface area contributed by atoms with Crippen LogP contribution >= 0.6 is 0 Å². The Balaban J connectivity index is 1.98. The van der Waals surface area contributed by atoms with Crippen LogP contribution < -0.4 is 5.73 Å². The van der Waals surface area contributed by atoms with Crippen molar-refractivity contribution in [2.45, 2.75) is 23.8 Å². The molecule has 0 spiro atoms. The van der Waals surface area contributed by atoms with Crippen LogP contribution in [0.4, 0.5) is 5.69 Å². The zero-order valence-corrected chi connectivity index (χ0v) is 10.6. The Labute approximate surface area is 103 Å². The highest BCUT2D eigenvalue weighted by molar-refractivity contribution is 7.85. The molecule has 1 fully saturated rings. The van der Waals surface area contributed by atoms with Crippen molar-refractivity contribution >= 4 is 22.4 Å². The van der Waals surface area contributed by atoms with Crippen LogP contribution in [0, 0.1) is 0 Å². The standard InChI is InChI=1S/C12H16N2O2S/c1-14(10-5-6-10)12(15)8-17(16)11-4-2-3-9(13)7-11/h2-4,7,10H,5-6,8,13H2,1H3. The van der Waals surface area contributed by atoms with E-state index in [0.29, 0.717) is 16.6 Å². The molecule has 1 unspecified atom stereocenters. The summed E-state index contributed by atoms with van der Waals surface area (Å²) in [4.78, 5) is 14.1. The maximum atomic E-state index is 12.0.